The van der Waals surface area contributed by atoms with Crippen molar-refractivity contribution in [3.63, 3.8) is 0 Å². The second-order valence-corrected chi connectivity index (χ2v) is 8.10. The molecule has 2 bridgehead atoms. The maximum Gasteiger partial charge on any atom is 0.348 e. The van der Waals surface area contributed by atoms with Crippen LogP contribution in [0.15, 0.2) is 48.5 Å². The molecule has 2 saturated heterocycles. The summed E-state index contributed by atoms with van der Waals surface area (Å²) >= 11 is 0. The Morgan fingerprint density at radius 2 is 1.58 bits per heavy atom. The topological polar surface area (TPSA) is 55.8 Å². The van der Waals surface area contributed by atoms with Crippen LogP contribution in [0.5, 0.6) is 11.5 Å². The van der Waals surface area contributed by atoms with Crippen molar-refractivity contribution in [3.8, 4) is 11.5 Å². The Bertz CT molecular complexity index is 853. The number of hydrogen-bond donors (Lipinski definition) is 1. The highest BCUT2D eigenvalue weighted by Crippen LogP contribution is 2.49. The lowest BCUT2D eigenvalue weighted by Crippen LogP contribution is -2.46. The van der Waals surface area contributed by atoms with Gasteiger partial charge in [0, 0.05) is 24.0 Å². The van der Waals surface area contributed by atoms with Crippen LogP contribution in [-0.4, -0.2) is 47.8 Å². The lowest BCUT2D eigenvalue weighted by Gasteiger charge is -2.36. The number of nitrogens with zero attached hydrogens (tertiary/aromatic N) is 1. The highest BCUT2D eigenvalue weighted by Gasteiger charge is 2.59. The van der Waals surface area contributed by atoms with Crippen molar-refractivity contribution >= 4 is 5.97 Å². The average Bonchev–Trinajstić information content (AvgIpc) is 3.15. The summed E-state index contributed by atoms with van der Waals surface area (Å²) in [5.74, 6) is 0.374. The van der Waals surface area contributed by atoms with E-state index in [2.05, 4.69) is 7.05 Å². The molecule has 0 atom stereocenters. The third-order valence-electron chi connectivity index (χ3n) is 6.26. The van der Waals surface area contributed by atoms with E-state index < -0.39 is 17.2 Å². The summed E-state index contributed by atoms with van der Waals surface area (Å²) in [6.45, 7) is 2.86. The normalized spacial score (nSPS) is 30.2. The fraction of sp³-hybridized carbons (Fsp3) is 0.381. The van der Waals surface area contributed by atoms with Gasteiger partial charge in [-0.3, -0.25) is 0 Å². The van der Waals surface area contributed by atoms with Crippen molar-refractivity contribution in [3.05, 3.63) is 59.7 Å². The van der Waals surface area contributed by atoms with Crippen molar-refractivity contribution in [2.75, 3.05) is 26.7 Å². The lowest BCUT2D eigenvalue weighted by atomic mass is 9.83. The Morgan fingerprint density at radius 1 is 1.04 bits per heavy atom. The fourth-order valence-corrected chi connectivity index (χ4v) is 4.79. The van der Waals surface area contributed by atoms with Crippen LogP contribution in [0.4, 0.5) is 0 Å². The molecule has 3 aliphatic heterocycles. The molecule has 0 radical (unpaired) electrons. The van der Waals surface area contributed by atoms with Gasteiger partial charge < -0.3 is 19.1 Å². The molecular weight excluding hydrogens is 330 g/mol. The first-order valence-electron chi connectivity index (χ1n) is 9.11. The average molecular weight is 352 g/mol. The van der Waals surface area contributed by atoms with Gasteiger partial charge in [0.25, 0.3) is 0 Å². The molecule has 134 valence electrons. The highest BCUT2D eigenvalue weighted by atomic mass is 16.6. The molecule has 5 rings (SSSR count). The molecule has 2 aromatic rings. The van der Waals surface area contributed by atoms with Crippen molar-refractivity contribution in [1.82, 2.24) is 0 Å². The van der Waals surface area contributed by atoms with Crippen LogP contribution in [-0.2, 0) is 15.1 Å². The van der Waals surface area contributed by atoms with Gasteiger partial charge in [0.1, 0.15) is 18.0 Å². The molecule has 2 aromatic carbocycles. The molecule has 3 heterocycles. The summed E-state index contributed by atoms with van der Waals surface area (Å²) in [7, 11) is 2.20. The maximum absolute atomic E-state index is 13.4. The van der Waals surface area contributed by atoms with Gasteiger partial charge in [0.15, 0.2) is 5.60 Å². The monoisotopic (exact) mass is 352 g/mol. The van der Waals surface area contributed by atoms with Crippen LogP contribution in [0.1, 0.15) is 24.0 Å². The molecule has 26 heavy (non-hydrogen) atoms. The van der Waals surface area contributed by atoms with Crippen molar-refractivity contribution < 1.29 is 23.9 Å². The van der Waals surface area contributed by atoms with Crippen molar-refractivity contribution in [2.24, 2.45) is 0 Å². The Hall–Kier alpha value is -2.37. The van der Waals surface area contributed by atoms with Gasteiger partial charge in [-0.15, -0.1) is 0 Å². The number of carbonyl (C=O) groups excluding carboxylic acids is 1. The molecule has 0 spiro atoms. The number of aliphatic hydroxyl groups is 1. The molecule has 3 aliphatic rings. The van der Waals surface area contributed by atoms with Crippen LogP contribution in [0.3, 0.4) is 0 Å². The molecular formula is C21H22NO4+. The maximum atomic E-state index is 13.4. The molecule has 0 aromatic heterocycles. The van der Waals surface area contributed by atoms with Gasteiger partial charge in [0.2, 0.25) is 5.60 Å². The number of carbonyl (C=O) groups is 1. The van der Waals surface area contributed by atoms with E-state index in [4.69, 9.17) is 9.47 Å². The van der Waals surface area contributed by atoms with Crippen LogP contribution in [0.2, 0.25) is 0 Å². The minimum atomic E-state index is -1.85. The summed E-state index contributed by atoms with van der Waals surface area (Å²) in [5, 5.41) is 11.6. The number of piperidine rings is 1. The first-order valence-corrected chi connectivity index (χ1v) is 9.11. The number of ether oxygens (including phenoxy) is 2. The fourth-order valence-electron chi connectivity index (χ4n) is 4.79. The Morgan fingerprint density at radius 3 is 2.08 bits per heavy atom. The number of esters is 1. The zero-order valence-corrected chi connectivity index (χ0v) is 14.8. The third kappa shape index (κ3) is 2.07. The standard InChI is InChI=1S/C21H22NO4/c1-22-12-10-20(14-22,11-13-22)26-19(23)21(24)15-6-2-4-8-17(15)25-18-9-5-3-7-16(18)21/h2-9,24H,10-14H2,1H3/q+1. The summed E-state index contributed by atoms with van der Waals surface area (Å²) in [4.78, 5) is 13.4. The van der Waals surface area contributed by atoms with Gasteiger partial charge in [0.05, 0.1) is 20.1 Å². The quantitative estimate of drug-likeness (QED) is 0.667. The zero-order valence-electron chi connectivity index (χ0n) is 14.8. The van der Waals surface area contributed by atoms with Crippen LogP contribution in [0, 0.1) is 0 Å². The summed E-state index contributed by atoms with van der Waals surface area (Å²) < 4.78 is 12.9. The Kier molecular flexibility index (Phi) is 3.10. The third-order valence-corrected chi connectivity index (χ3v) is 6.26. The second-order valence-electron chi connectivity index (χ2n) is 8.10. The summed E-state index contributed by atoms with van der Waals surface area (Å²) in [6, 6.07) is 14.2. The first-order chi connectivity index (χ1) is 12.4. The van der Waals surface area contributed by atoms with Gasteiger partial charge in [-0.1, -0.05) is 36.4 Å². The summed E-state index contributed by atoms with van der Waals surface area (Å²) in [6.07, 6.45) is 1.70. The van der Waals surface area contributed by atoms with E-state index in [9.17, 15) is 9.90 Å². The smallest absolute Gasteiger partial charge is 0.348 e. The number of fused-ring (bicyclic) bond motifs is 4. The van der Waals surface area contributed by atoms with Crippen LogP contribution in [0.25, 0.3) is 0 Å². The number of likely N-dealkylation sites (N-methyl/N-ethyl adjacent to an activating group) is 1. The van der Waals surface area contributed by atoms with Crippen molar-refractivity contribution in [1.29, 1.82) is 0 Å². The molecule has 2 fully saturated rings. The summed E-state index contributed by atoms with van der Waals surface area (Å²) in [5.41, 5.74) is -1.43. The van der Waals surface area contributed by atoms with E-state index in [0.717, 1.165) is 37.0 Å². The lowest BCUT2D eigenvalue weighted by molar-refractivity contribution is -0.890. The van der Waals surface area contributed by atoms with Crippen molar-refractivity contribution in [2.45, 2.75) is 24.0 Å². The molecule has 1 N–H and O–H groups in total. The largest absolute Gasteiger partial charge is 0.457 e. The highest BCUT2D eigenvalue weighted by molar-refractivity contribution is 5.88. The molecule has 0 aliphatic carbocycles. The Labute approximate surface area is 152 Å². The minimum absolute atomic E-state index is 0.438. The number of para-hydroxylation sites is 2. The van der Waals surface area contributed by atoms with E-state index in [1.807, 2.05) is 12.1 Å². The molecule has 0 amide bonds. The zero-order chi connectivity index (χ0) is 18.0. The number of hydrogen-bond acceptors (Lipinski definition) is 4. The van der Waals surface area contributed by atoms with E-state index in [-0.39, 0.29) is 0 Å². The molecule has 0 saturated carbocycles. The van der Waals surface area contributed by atoms with E-state index in [0.29, 0.717) is 22.6 Å². The predicted octanol–water partition coefficient (Wildman–Crippen LogP) is 2.56. The second kappa shape index (κ2) is 5.09. The number of quaternary nitrogens is 1. The Balaban J connectivity index is 1.58. The van der Waals surface area contributed by atoms with Crippen LogP contribution < -0.4 is 4.74 Å². The molecule has 0 unspecified atom stereocenters. The van der Waals surface area contributed by atoms with Gasteiger partial charge in [-0.25, -0.2) is 4.79 Å². The van der Waals surface area contributed by atoms with Gasteiger partial charge in [-0.2, -0.15) is 0 Å². The van der Waals surface area contributed by atoms with E-state index in [1.54, 1.807) is 36.4 Å². The molecule has 5 nitrogen and oxygen atoms in total. The van der Waals surface area contributed by atoms with Gasteiger partial charge >= 0.3 is 5.97 Å². The number of benzene rings is 2. The predicted molar refractivity (Wildman–Crippen MR) is 94.8 cm³/mol. The first kappa shape index (κ1) is 15.9. The van der Waals surface area contributed by atoms with E-state index in [1.165, 1.54) is 0 Å². The van der Waals surface area contributed by atoms with E-state index >= 15 is 0 Å². The SMILES string of the molecule is C[N+]12CCC(OC(=O)C3(O)c4ccccc4Oc4ccccc43)(CC1)C2. The molecule has 5 heteroatoms. The van der Waals surface area contributed by atoms with Gasteiger partial charge in [-0.05, 0) is 12.1 Å². The van der Waals surface area contributed by atoms with Crippen LogP contribution >= 0.6 is 0 Å². The minimum Gasteiger partial charge on any atom is -0.457 e. The number of rotatable bonds is 2.